The Hall–Kier alpha value is -1.89. The van der Waals surface area contributed by atoms with Gasteiger partial charge in [-0.1, -0.05) is 30.3 Å². The average Bonchev–Trinajstić information content (AvgIpc) is 3.02. The molecule has 1 aliphatic carbocycles. The third-order valence-electron chi connectivity index (χ3n) is 4.63. The molecule has 0 N–H and O–H groups in total. The molecular weight excluding hydrogens is 318 g/mol. The number of carbonyl (C=O) groups excluding carboxylic acids is 2. The van der Waals surface area contributed by atoms with Crippen molar-refractivity contribution in [3.8, 4) is 0 Å². The van der Waals surface area contributed by atoms with Gasteiger partial charge in [0.2, 0.25) is 15.9 Å². The number of rotatable bonds is 4. The van der Waals surface area contributed by atoms with E-state index in [0.29, 0.717) is 12.8 Å². The summed E-state index contributed by atoms with van der Waals surface area (Å²) in [6, 6.07) is 8.97. The molecule has 2 fully saturated rings. The third kappa shape index (κ3) is 3.10. The van der Waals surface area contributed by atoms with Gasteiger partial charge < -0.3 is 4.74 Å². The predicted octanol–water partition coefficient (Wildman–Crippen LogP) is 1.32. The number of nitrogens with zero attached hydrogens (tertiary/aromatic N) is 1. The van der Waals surface area contributed by atoms with Gasteiger partial charge >= 0.3 is 5.97 Å². The van der Waals surface area contributed by atoms with Crippen LogP contribution in [0.25, 0.3) is 0 Å². The molecule has 3 atom stereocenters. The molecule has 0 spiro atoms. The number of ether oxygens (including phenoxy) is 1. The molecule has 1 saturated heterocycles. The van der Waals surface area contributed by atoms with Gasteiger partial charge in [0, 0.05) is 12.3 Å². The summed E-state index contributed by atoms with van der Waals surface area (Å²) < 4.78 is 29.8. The highest BCUT2D eigenvalue weighted by Crippen LogP contribution is 2.44. The molecule has 1 unspecified atom stereocenters. The van der Waals surface area contributed by atoms with E-state index in [1.165, 1.54) is 0 Å². The van der Waals surface area contributed by atoms with E-state index in [1.54, 1.807) is 0 Å². The van der Waals surface area contributed by atoms with Crippen molar-refractivity contribution in [2.24, 2.45) is 11.8 Å². The molecule has 1 saturated carbocycles. The summed E-state index contributed by atoms with van der Waals surface area (Å²) in [5, 5.41) is 0. The highest BCUT2D eigenvalue weighted by Gasteiger charge is 2.53. The lowest BCUT2D eigenvalue weighted by Gasteiger charge is -2.21. The zero-order valence-electron chi connectivity index (χ0n) is 12.8. The molecule has 1 heterocycles. The number of carbonyl (C=O) groups is 2. The molecule has 1 aromatic rings. The molecule has 2 aliphatic rings. The van der Waals surface area contributed by atoms with Crippen molar-refractivity contribution in [3.05, 3.63) is 35.9 Å². The van der Waals surface area contributed by atoms with E-state index < -0.39 is 27.9 Å². The number of sulfonamides is 1. The Morgan fingerprint density at radius 3 is 2.61 bits per heavy atom. The van der Waals surface area contributed by atoms with Crippen LogP contribution in [0.15, 0.2) is 30.3 Å². The van der Waals surface area contributed by atoms with Gasteiger partial charge in [-0.15, -0.1) is 0 Å². The van der Waals surface area contributed by atoms with Crippen LogP contribution >= 0.6 is 0 Å². The van der Waals surface area contributed by atoms with Gasteiger partial charge in [-0.25, -0.2) is 12.7 Å². The number of benzene rings is 1. The SMILES string of the molecule is CS(=O)(=O)N1C(=O)C[C@H]2C(C(=O)OCc3ccccc3)CC[C@@H]21. The van der Waals surface area contributed by atoms with Crippen LogP contribution in [0.2, 0.25) is 0 Å². The lowest BCUT2D eigenvalue weighted by Crippen LogP contribution is -2.38. The molecule has 6 nitrogen and oxygen atoms in total. The minimum Gasteiger partial charge on any atom is -0.461 e. The minimum absolute atomic E-state index is 0.100. The molecule has 1 aromatic carbocycles. The first-order chi connectivity index (χ1) is 10.9. The molecule has 0 bridgehead atoms. The quantitative estimate of drug-likeness (QED) is 0.774. The maximum atomic E-state index is 12.3. The molecule has 1 amide bonds. The number of hydrogen-bond acceptors (Lipinski definition) is 5. The zero-order chi connectivity index (χ0) is 16.6. The van der Waals surface area contributed by atoms with Gasteiger partial charge in [0.1, 0.15) is 6.61 Å². The first kappa shape index (κ1) is 16.0. The predicted molar refractivity (Wildman–Crippen MR) is 82.5 cm³/mol. The molecule has 124 valence electrons. The normalized spacial score (nSPS) is 27.1. The van der Waals surface area contributed by atoms with Crippen molar-refractivity contribution in [2.75, 3.05) is 6.26 Å². The van der Waals surface area contributed by atoms with Crippen LogP contribution in [0.4, 0.5) is 0 Å². The fourth-order valence-corrected chi connectivity index (χ4v) is 4.85. The Bertz CT molecular complexity index is 715. The molecule has 7 heteroatoms. The smallest absolute Gasteiger partial charge is 0.309 e. The number of hydrogen-bond donors (Lipinski definition) is 0. The van der Waals surface area contributed by atoms with Crippen LogP contribution in [-0.2, 0) is 31.0 Å². The Balaban J connectivity index is 1.66. The Labute approximate surface area is 135 Å². The monoisotopic (exact) mass is 337 g/mol. The van der Waals surface area contributed by atoms with E-state index in [2.05, 4.69) is 0 Å². The Kier molecular flexibility index (Phi) is 4.14. The molecule has 23 heavy (non-hydrogen) atoms. The van der Waals surface area contributed by atoms with Crippen molar-refractivity contribution in [2.45, 2.75) is 31.9 Å². The third-order valence-corrected chi connectivity index (χ3v) is 5.81. The van der Waals surface area contributed by atoms with Crippen molar-refractivity contribution >= 4 is 21.9 Å². The maximum Gasteiger partial charge on any atom is 0.309 e. The van der Waals surface area contributed by atoms with Crippen LogP contribution in [0.1, 0.15) is 24.8 Å². The first-order valence-corrected chi connectivity index (χ1v) is 9.45. The van der Waals surface area contributed by atoms with Gasteiger partial charge in [-0.3, -0.25) is 9.59 Å². The Morgan fingerprint density at radius 2 is 1.96 bits per heavy atom. The lowest BCUT2D eigenvalue weighted by atomic mass is 9.93. The van der Waals surface area contributed by atoms with Crippen molar-refractivity contribution in [3.63, 3.8) is 0 Å². The van der Waals surface area contributed by atoms with Gasteiger partial charge in [0.05, 0.1) is 18.2 Å². The minimum atomic E-state index is -3.58. The molecule has 1 aliphatic heterocycles. The van der Waals surface area contributed by atoms with Gasteiger partial charge in [0.25, 0.3) is 0 Å². The summed E-state index contributed by atoms with van der Waals surface area (Å²) in [6.07, 6.45) is 2.22. The summed E-state index contributed by atoms with van der Waals surface area (Å²) in [5.74, 6) is -1.42. The van der Waals surface area contributed by atoms with Gasteiger partial charge in [0.15, 0.2) is 0 Å². The molecule has 0 aromatic heterocycles. The van der Waals surface area contributed by atoms with Crippen LogP contribution in [0, 0.1) is 11.8 Å². The highest BCUT2D eigenvalue weighted by molar-refractivity contribution is 7.88. The van der Waals surface area contributed by atoms with E-state index in [0.717, 1.165) is 16.1 Å². The van der Waals surface area contributed by atoms with E-state index in [-0.39, 0.29) is 24.9 Å². The summed E-state index contributed by atoms with van der Waals surface area (Å²) >= 11 is 0. The van der Waals surface area contributed by atoms with Crippen LogP contribution in [-0.4, -0.2) is 36.9 Å². The fraction of sp³-hybridized carbons (Fsp3) is 0.500. The first-order valence-electron chi connectivity index (χ1n) is 7.60. The average molecular weight is 337 g/mol. The summed E-state index contributed by atoms with van der Waals surface area (Å²) in [5.41, 5.74) is 0.899. The van der Waals surface area contributed by atoms with Crippen molar-refractivity contribution < 1.29 is 22.7 Å². The summed E-state index contributed by atoms with van der Waals surface area (Å²) in [6.45, 7) is 0.192. The molecular formula is C16H19NO5S. The van der Waals surface area contributed by atoms with E-state index in [1.807, 2.05) is 30.3 Å². The highest BCUT2D eigenvalue weighted by atomic mass is 32.2. The summed E-state index contributed by atoms with van der Waals surface area (Å²) in [4.78, 5) is 24.3. The van der Waals surface area contributed by atoms with Crippen LogP contribution in [0.5, 0.6) is 0 Å². The van der Waals surface area contributed by atoms with E-state index in [4.69, 9.17) is 4.74 Å². The Morgan fingerprint density at radius 1 is 1.26 bits per heavy atom. The summed E-state index contributed by atoms with van der Waals surface area (Å²) in [7, 11) is -3.58. The number of esters is 1. The second kappa shape index (κ2) is 5.96. The zero-order valence-corrected chi connectivity index (χ0v) is 13.7. The van der Waals surface area contributed by atoms with Gasteiger partial charge in [-0.2, -0.15) is 0 Å². The number of fused-ring (bicyclic) bond motifs is 1. The van der Waals surface area contributed by atoms with Crippen LogP contribution in [0.3, 0.4) is 0 Å². The van der Waals surface area contributed by atoms with Gasteiger partial charge in [-0.05, 0) is 18.4 Å². The maximum absolute atomic E-state index is 12.3. The van der Waals surface area contributed by atoms with Crippen LogP contribution < -0.4 is 0 Å². The topological polar surface area (TPSA) is 80.8 Å². The fourth-order valence-electron chi connectivity index (χ4n) is 3.65. The lowest BCUT2D eigenvalue weighted by molar-refractivity contribution is -0.151. The molecule has 3 rings (SSSR count). The molecule has 0 radical (unpaired) electrons. The van der Waals surface area contributed by atoms with E-state index in [9.17, 15) is 18.0 Å². The van der Waals surface area contributed by atoms with Crippen molar-refractivity contribution in [1.82, 2.24) is 4.31 Å². The number of amides is 1. The van der Waals surface area contributed by atoms with E-state index >= 15 is 0 Å². The largest absolute Gasteiger partial charge is 0.461 e. The standard InChI is InChI=1S/C16H19NO5S/c1-23(20,21)17-14-8-7-12(13(14)9-15(17)18)16(19)22-10-11-5-3-2-4-6-11/h2-6,12-14H,7-10H2,1H3/t12?,13-,14-/m0/s1. The second-order valence-corrected chi connectivity index (χ2v) is 8.02. The second-order valence-electron chi connectivity index (χ2n) is 6.17. The van der Waals surface area contributed by atoms with Crippen molar-refractivity contribution in [1.29, 1.82) is 0 Å².